The summed E-state index contributed by atoms with van der Waals surface area (Å²) in [6.45, 7) is 4.68. The summed E-state index contributed by atoms with van der Waals surface area (Å²) in [6, 6.07) is 0. The van der Waals surface area contributed by atoms with Crippen LogP contribution in [0, 0.1) is 0 Å². The molecule has 2 N–H and O–H groups in total. The Morgan fingerprint density at radius 2 is 2.43 bits per heavy atom. The highest BCUT2D eigenvalue weighted by Crippen LogP contribution is 1.72. The van der Waals surface area contributed by atoms with Crippen LogP contribution in [-0.2, 0) is 4.43 Å². The van der Waals surface area contributed by atoms with Crippen LogP contribution in [0.1, 0.15) is 13.8 Å². The molecule has 0 aromatic rings. The van der Waals surface area contributed by atoms with Crippen LogP contribution in [0.2, 0.25) is 0 Å². The molecule has 0 aromatic carbocycles. The summed E-state index contributed by atoms with van der Waals surface area (Å²) in [5, 5.41) is 0. The summed E-state index contributed by atoms with van der Waals surface area (Å²) >= 11 is 0. The van der Waals surface area contributed by atoms with Gasteiger partial charge in [-0.05, 0) is 6.92 Å². The molecule has 2 nitrogen and oxygen atoms in total. The zero-order valence-corrected chi connectivity index (χ0v) is 5.77. The lowest BCUT2D eigenvalue weighted by Gasteiger charge is -1.99. The molecule has 1 unspecified atom stereocenters. The number of rotatable bonds is 3. The summed E-state index contributed by atoms with van der Waals surface area (Å²) < 4.78 is 5.00. The van der Waals surface area contributed by atoms with Crippen LogP contribution in [0.3, 0.4) is 0 Å². The molecular formula is C4H11NOSi. The van der Waals surface area contributed by atoms with Gasteiger partial charge in [0.2, 0.25) is 9.76 Å². The Morgan fingerprint density at radius 1 is 1.86 bits per heavy atom. The van der Waals surface area contributed by atoms with Crippen LogP contribution in [0.5, 0.6) is 0 Å². The van der Waals surface area contributed by atoms with Crippen molar-refractivity contribution in [2.45, 2.75) is 19.5 Å². The monoisotopic (exact) mass is 117 g/mol. The normalized spacial score (nSPS) is 14.1. The molecule has 0 spiro atoms. The van der Waals surface area contributed by atoms with Gasteiger partial charge in [0, 0.05) is 12.3 Å². The van der Waals surface area contributed by atoms with Crippen molar-refractivity contribution < 1.29 is 4.43 Å². The first kappa shape index (κ1) is 7.14. The van der Waals surface area contributed by atoms with Gasteiger partial charge >= 0.3 is 0 Å². The molecule has 7 heavy (non-hydrogen) atoms. The topological polar surface area (TPSA) is 35.2 Å². The minimum absolute atomic E-state index is 0.208. The Morgan fingerprint density at radius 3 is 2.57 bits per heavy atom. The zero-order chi connectivity index (χ0) is 5.70. The van der Waals surface area contributed by atoms with Crippen molar-refractivity contribution in [1.82, 2.24) is 0 Å². The Kier molecular flexibility index (Phi) is 4.38. The van der Waals surface area contributed by atoms with Gasteiger partial charge in [-0.1, -0.05) is 6.92 Å². The first-order chi connectivity index (χ1) is 3.27. The van der Waals surface area contributed by atoms with E-state index in [1.165, 1.54) is 0 Å². The highest BCUT2D eigenvalue weighted by atomic mass is 28.2. The molecule has 42 valence electrons. The lowest BCUT2D eigenvalue weighted by molar-refractivity contribution is 0.355. The molecule has 0 bridgehead atoms. The summed E-state index contributed by atoms with van der Waals surface area (Å²) in [5.74, 6) is 0. The molecular weight excluding hydrogens is 106 g/mol. The fourth-order valence-electron chi connectivity index (χ4n) is 0.215. The number of nitrogens with two attached hydrogens (primary N) is 1. The summed E-state index contributed by atoms with van der Waals surface area (Å²) in [5.41, 5.74) is 5.57. The van der Waals surface area contributed by atoms with Gasteiger partial charge in [-0.3, -0.25) is 0 Å². The molecule has 0 aliphatic rings. The van der Waals surface area contributed by atoms with E-state index in [4.69, 9.17) is 10.2 Å². The Labute approximate surface area is 47.0 Å². The Bertz CT molecular complexity index is 40.7. The van der Waals surface area contributed by atoms with Crippen LogP contribution in [0.25, 0.3) is 0 Å². The second-order valence-corrected chi connectivity index (χ2v) is 2.77. The van der Waals surface area contributed by atoms with Gasteiger partial charge in [0.25, 0.3) is 0 Å². The fraction of sp³-hybridized carbons (Fsp3) is 1.00. The van der Waals surface area contributed by atoms with Crippen molar-refractivity contribution in [2.75, 3.05) is 6.61 Å². The van der Waals surface area contributed by atoms with Crippen molar-refractivity contribution in [2.24, 2.45) is 5.73 Å². The summed E-state index contributed by atoms with van der Waals surface area (Å²) in [7, 11) is 0.466. The van der Waals surface area contributed by atoms with E-state index in [0.29, 0.717) is 9.76 Å². The third kappa shape index (κ3) is 6.14. The van der Waals surface area contributed by atoms with Crippen molar-refractivity contribution in [1.29, 1.82) is 0 Å². The predicted molar refractivity (Wildman–Crippen MR) is 31.0 cm³/mol. The third-order valence-electron chi connectivity index (χ3n) is 0.414. The van der Waals surface area contributed by atoms with E-state index in [-0.39, 0.29) is 5.67 Å². The highest BCUT2D eigenvalue weighted by Gasteiger charge is 1.92. The van der Waals surface area contributed by atoms with Gasteiger partial charge in [-0.15, -0.1) is 0 Å². The van der Waals surface area contributed by atoms with Gasteiger partial charge in [0.1, 0.15) is 0 Å². The molecule has 0 amide bonds. The van der Waals surface area contributed by atoms with Crippen molar-refractivity contribution in [3.05, 3.63) is 0 Å². The van der Waals surface area contributed by atoms with Crippen LogP contribution in [0.15, 0.2) is 0 Å². The number of hydrogen-bond donors (Lipinski definition) is 1. The third-order valence-corrected chi connectivity index (χ3v) is 1.24. The van der Waals surface area contributed by atoms with E-state index in [1.807, 2.05) is 13.8 Å². The van der Waals surface area contributed by atoms with Crippen LogP contribution in [-0.4, -0.2) is 22.0 Å². The van der Waals surface area contributed by atoms with E-state index in [9.17, 15) is 0 Å². The molecule has 0 fully saturated rings. The lowest BCUT2D eigenvalue weighted by atomic mass is 10.8. The molecule has 0 aliphatic carbocycles. The second kappa shape index (κ2) is 4.30. The first-order valence-corrected chi connectivity index (χ1v) is 3.38. The standard InChI is InChI=1S/C4H11NOSi/c1-3-6-7-4(2)5/h4H,3,5H2,1-2H3. The molecule has 0 saturated heterocycles. The quantitative estimate of drug-likeness (QED) is 0.526. The van der Waals surface area contributed by atoms with Gasteiger partial charge < -0.3 is 10.2 Å². The van der Waals surface area contributed by atoms with E-state index < -0.39 is 0 Å². The van der Waals surface area contributed by atoms with Crippen LogP contribution < -0.4 is 5.73 Å². The maximum absolute atomic E-state index is 5.37. The number of hydrogen-bond acceptors (Lipinski definition) is 2. The molecule has 0 aromatic heterocycles. The fourth-order valence-corrected chi connectivity index (χ4v) is 0.644. The van der Waals surface area contributed by atoms with Gasteiger partial charge in [-0.25, -0.2) is 0 Å². The smallest absolute Gasteiger partial charge is 0.247 e. The van der Waals surface area contributed by atoms with Gasteiger partial charge in [-0.2, -0.15) is 0 Å². The Hall–Kier alpha value is 0.137. The predicted octanol–water partition coefficient (Wildman–Crippen LogP) is -0.0532. The maximum Gasteiger partial charge on any atom is 0.247 e. The van der Waals surface area contributed by atoms with E-state index in [1.54, 1.807) is 0 Å². The SMILES string of the molecule is CCO[Si]C(C)N. The minimum atomic E-state index is 0.208. The van der Waals surface area contributed by atoms with E-state index >= 15 is 0 Å². The van der Waals surface area contributed by atoms with Gasteiger partial charge in [0.15, 0.2) is 0 Å². The average Bonchev–Trinajstić information content (AvgIpc) is 1.61. The van der Waals surface area contributed by atoms with Crippen molar-refractivity contribution >= 4 is 9.76 Å². The second-order valence-electron chi connectivity index (χ2n) is 1.34. The molecule has 0 rings (SSSR count). The summed E-state index contributed by atoms with van der Waals surface area (Å²) in [4.78, 5) is 0. The van der Waals surface area contributed by atoms with E-state index in [0.717, 1.165) is 6.61 Å². The largest absolute Gasteiger partial charge is 0.416 e. The molecule has 0 saturated carbocycles. The molecule has 0 heterocycles. The summed E-state index contributed by atoms with van der Waals surface area (Å²) in [6.07, 6.45) is 0. The van der Waals surface area contributed by atoms with Crippen molar-refractivity contribution in [3.8, 4) is 0 Å². The molecule has 0 aliphatic heterocycles. The molecule has 2 radical (unpaired) electrons. The minimum Gasteiger partial charge on any atom is -0.416 e. The zero-order valence-electron chi connectivity index (χ0n) is 4.77. The van der Waals surface area contributed by atoms with Crippen LogP contribution in [0.4, 0.5) is 0 Å². The van der Waals surface area contributed by atoms with E-state index in [2.05, 4.69) is 0 Å². The lowest BCUT2D eigenvalue weighted by Crippen LogP contribution is -2.25. The highest BCUT2D eigenvalue weighted by molar-refractivity contribution is 6.29. The van der Waals surface area contributed by atoms with Crippen molar-refractivity contribution in [3.63, 3.8) is 0 Å². The maximum atomic E-state index is 5.37. The first-order valence-electron chi connectivity index (χ1n) is 2.40. The Balaban J connectivity index is 2.68. The molecule has 3 heteroatoms. The van der Waals surface area contributed by atoms with Gasteiger partial charge in [0.05, 0.1) is 0 Å². The average molecular weight is 117 g/mol. The van der Waals surface area contributed by atoms with Crippen LogP contribution >= 0.6 is 0 Å². The molecule has 1 atom stereocenters.